The van der Waals surface area contributed by atoms with Gasteiger partial charge in [0.25, 0.3) is 0 Å². The first-order valence-electron chi connectivity index (χ1n) is 7.26. The molecule has 1 aliphatic rings. The molecule has 0 radical (unpaired) electrons. The molecule has 0 saturated heterocycles. The third-order valence-electron chi connectivity index (χ3n) is 4.72. The molecule has 0 aromatic heterocycles. The molecule has 0 amide bonds. The van der Waals surface area contributed by atoms with Crippen LogP contribution < -0.4 is 0 Å². The van der Waals surface area contributed by atoms with Gasteiger partial charge in [-0.1, -0.05) is 64.6 Å². The van der Waals surface area contributed by atoms with E-state index in [1.165, 1.54) is 35.1 Å². The largest absolute Gasteiger partial charge is 0.0985 e. The highest BCUT2D eigenvalue weighted by Crippen LogP contribution is 2.46. The minimum Gasteiger partial charge on any atom is -0.0985 e. The number of fused-ring (bicyclic) bond motifs is 1. The van der Waals surface area contributed by atoms with E-state index in [-0.39, 0.29) is 5.41 Å². The highest BCUT2D eigenvalue weighted by atomic mass is 14.4. The Kier molecular flexibility index (Phi) is 3.47. The predicted molar refractivity (Wildman–Crippen MR) is 85.6 cm³/mol. The molecule has 0 aliphatic heterocycles. The van der Waals surface area contributed by atoms with Gasteiger partial charge in [-0.05, 0) is 52.9 Å². The molecule has 0 fully saturated rings. The summed E-state index contributed by atoms with van der Waals surface area (Å²) in [4.78, 5) is 0. The summed E-state index contributed by atoms with van der Waals surface area (Å²) in [7, 11) is 0. The molecule has 0 unspecified atom stereocenters. The van der Waals surface area contributed by atoms with Crippen molar-refractivity contribution < 1.29 is 0 Å². The Morgan fingerprint density at radius 2 is 1.63 bits per heavy atom. The van der Waals surface area contributed by atoms with E-state index in [1.807, 2.05) is 6.08 Å². The van der Waals surface area contributed by atoms with Crippen molar-refractivity contribution in [1.29, 1.82) is 0 Å². The zero-order valence-electron chi connectivity index (χ0n) is 13.0. The second-order valence-electron chi connectivity index (χ2n) is 6.98. The van der Waals surface area contributed by atoms with Crippen LogP contribution in [0.5, 0.6) is 0 Å². The molecular weight excluding hydrogens is 228 g/mol. The van der Waals surface area contributed by atoms with Crippen molar-refractivity contribution in [3.63, 3.8) is 0 Å². The average molecular weight is 254 g/mol. The van der Waals surface area contributed by atoms with Crippen molar-refractivity contribution in [3.05, 3.63) is 53.6 Å². The summed E-state index contributed by atoms with van der Waals surface area (Å²) in [6.45, 7) is 15.5. The van der Waals surface area contributed by atoms with Crippen LogP contribution in [0, 0.1) is 0 Å². The van der Waals surface area contributed by atoms with Gasteiger partial charge in [-0.3, -0.25) is 0 Å². The van der Waals surface area contributed by atoms with Crippen LogP contribution in [0.2, 0.25) is 0 Å². The molecule has 0 spiro atoms. The highest BCUT2D eigenvalue weighted by Gasteiger charge is 2.36. The Morgan fingerprint density at radius 1 is 1.05 bits per heavy atom. The highest BCUT2D eigenvalue weighted by molar-refractivity contribution is 5.74. The maximum absolute atomic E-state index is 3.92. The molecule has 102 valence electrons. The fourth-order valence-corrected chi connectivity index (χ4v) is 3.17. The normalized spacial score (nSPS) is 20.8. The van der Waals surface area contributed by atoms with E-state index in [2.05, 4.69) is 65.5 Å². The molecule has 0 heterocycles. The lowest BCUT2D eigenvalue weighted by Gasteiger charge is -2.42. The van der Waals surface area contributed by atoms with Crippen LogP contribution in [0.4, 0.5) is 0 Å². The van der Waals surface area contributed by atoms with Gasteiger partial charge < -0.3 is 0 Å². The number of benzene rings is 1. The molecule has 1 aromatic carbocycles. The number of hydrogen-bond donors (Lipinski definition) is 0. The minimum atomic E-state index is 0.279. The van der Waals surface area contributed by atoms with Crippen molar-refractivity contribution in [2.24, 2.45) is 0 Å². The van der Waals surface area contributed by atoms with E-state index >= 15 is 0 Å². The molecular formula is C19H26. The van der Waals surface area contributed by atoms with E-state index in [0.29, 0.717) is 5.41 Å². The van der Waals surface area contributed by atoms with Gasteiger partial charge in [0.1, 0.15) is 0 Å². The fraction of sp³-hybridized carbons (Fsp3) is 0.474. The van der Waals surface area contributed by atoms with Gasteiger partial charge in [-0.2, -0.15) is 0 Å². The third-order valence-corrected chi connectivity index (χ3v) is 4.72. The van der Waals surface area contributed by atoms with Crippen molar-refractivity contribution in [1.82, 2.24) is 0 Å². The monoisotopic (exact) mass is 254 g/mol. The van der Waals surface area contributed by atoms with Crippen molar-refractivity contribution in [2.45, 2.75) is 58.3 Å². The lowest BCUT2D eigenvalue weighted by molar-refractivity contribution is 0.332. The molecule has 0 bridgehead atoms. The maximum atomic E-state index is 3.92. The zero-order chi connectivity index (χ0) is 14.3. The van der Waals surface area contributed by atoms with Crippen molar-refractivity contribution in [3.8, 4) is 0 Å². The van der Waals surface area contributed by atoms with Crippen LogP contribution in [-0.2, 0) is 10.8 Å². The number of rotatable bonds is 2. The summed E-state index contributed by atoms with van der Waals surface area (Å²) in [5.74, 6) is 0. The molecule has 2 rings (SSSR count). The topological polar surface area (TPSA) is 0 Å². The number of allylic oxidation sites excluding steroid dienone is 3. The van der Waals surface area contributed by atoms with Crippen LogP contribution in [0.1, 0.15) is 64.2 Å². The van der Waals surface area contributed by atoms with E-state index < -0.39 is 0 Å². The predicted octanol–water partition coefficient (Wildman–Crippen LogP) is 5.62. The summed E-state index contributed by atoms with van der Waals surface area (Å²) < 4.78 is 0. The SMILES string of the molecule is C=CC(=CC)c1ccc2c(c1)C(C)(C)CCC2(C)C. The average Bonchev–Trinajstić information content (AvgIpc) is 2.37. The van der Waals surface area contributed by atoms with Gasteiger partial charge in [0, 0.05) is 0 Å². The molecule has 1 aliphatic carbocycles. The van der Waals surface area contributed by atoms with Crippen molar-refractivity contribution in [2.75, 3.05) is 0 Å². The van der Waals surface area contributed by atoms with E-state index in [4.69, 9.17) is 0 Å². The van der Waals surface area contributed by atoms with E-state index in [0.717, 1.165) is 0 Å². The van der Waals surface area contributed by atoms with E-state index in [9.17, 15) is 0 Å². The van der Waals surface area contributed by atoms with E-state index in [1.54, 1.807) is 0 Å². The summed E-state index contributed by atoms with van der Waals surface area (Å²) >= 11 is 0. The first kappa shape index (κ1) is 14.1. The van der Waals surface area contributed by atoms with Gasteiger partial charge in [0.2, 0.25) is 0 Å². The molecule has 0 saturated carbocycles. The van der Waals surface area contributed by atoms with Crippen LogP contribution in [-0.4, -0.2) is 0 Å². The maximum Gasteiger partial charge on any atom is -0.0100 e. The standard InChI is InChI=1S/C19H26/c1-7-14(8-2)15-9-10-16-17(13-15)19(5,6)12-11-18(16,3)4/h7-10,13H,1,11-12H2,2-6H3. The minimum absolute atomic E-state index is 0.279. The quantitative estimate of drug-likeness (QED) is 0.600. The summed E-state index contributed by atoms with van der Waals surface area (Å²) in [6.07, 6.45) is 6.61. The van der Waals surface area contributed by atoms with Crippen LogP contribution in [0.15, 0.2) is 36.9 Å². The first-order chi connectivity index (χ1) is 8.81. The summed E-state index contributed by atoms with van der Waals surface area (Å²) in [5.41, 5.74) is 6.13. The lowest BCUT2D eigenvalue weighted by atomic mass is 9.63. The molecule has 19 heavy (non-hydrogen) atoms. The Labute approximate surface area is 118 Å². The van der Waals surface area contributed by atoms with Crippen molar-refractivity contribution >= 4 is 5.57 Å². The second-order valence-corrected chi connectivity index (χ2v) is 6.98. The third kappa shape index (κ3) is 2.41. The van der Waals surface area contributed by atoms with Crippen LogP contribution >= 0.6 is 0 Å². The van der Waals surface area contributed by atoms with Gasteiger partial charge in [0.05, 0.1) is 0 Å². The Bertz CT molecular complexity index is 527. The van der Waals surface area contributed by atoms with Crippen LogP contribution in [0.3, 0.4) is 0 Å². The molecule has 1 aromatic rings. The molecule has 0 heteroatoms. The summed E-state index contributed by atoms with van der Waals surface area (Å²) in [6, 6.07) is 6.96. The van der Waals surface area contributed by atoms with Gasteiger partial charge in [0.15, 0.2) is 0 Å². The Hall–Kier alpha value is -1.30. The molecule has 0 N–H and O–H groups in total. The first-order valence-corrected chi connectivity index (χ1v) is 7.26. The molecule has 0 nitrogen and oxygen atoms in total. The van der Waals surface area contributed by atoms with Gasteiger partial charge in [-0.15, -0.1) is 0 Å². The smallest absolute Gasteiger partial charge is 0.0100 e. The second kappa shape index (κ2) is 4.67. The summed E-state index contributed by atoms with van der Waals surface area (Å²) in [5, 5.41) is 0. The zero-order valence-corrected chi connectivity index (χ0v) is 13.0. The van der Waals surface area contributed by atoms with Crippen LogP contribution in [0.25, 0.3) is 5.57 Å². The van der Waals surface area contributed by atoms with Gasteiger partial charge in [-0.25, -0.2) is 0 Å². The lowest BCUT2D eigenvalue weighted by Crippen LogP contribution is -2.33. The Morgan fingerprint density at radius 3 is 2.16 bits per heavy atom. The Balaban J connectivity index is 2.63. The molecule has 0 atom stereocenters. The number of hydrogen-bond acceptors (Lipinski definition) is 0. The fourth-order valence-electron chi connectivity index (χ4n) is 3.17. The van der Waals surface area contributed by atoms with Gasteiger partial charge >= 0.3 is 0 Å².